The van der Waals surface area contributed by atoms with Gasteiger partial charge in [-0.3, -0.25) is 9.69 Å². The molecule has 1 spiro atoms. The quantitative estimate of drug-likeness (QED) is 0.756. The van der Waals surface area contributed by atoms with Crippen LogP contribution in [0.3, 0.4) is 0 Å². The Hall–Kier alpha value is -0.410. The van der Waals surface area contributed by atoms with Crippen LogP contribution in [0.2, 0.25) is 0 Å². The Kier molecular flexibility index (Phi) is 3.34. The van der Waals surface area contributed by atoms with Gasteiger partial charge < -0.3 is 4.74 Å². The molecule has 3 heteroatoms. The maximum atomic E-state index is 12.6. The van der Waals surface area contributed by atoms with Gasteiger partial charge in [0.15, 0.2) is 5.78 Å². The average Bonchev–Trinajstić information content (AvgIpc) is 2.26. The first-order valence-electron chi connectivity index (χ1n) is 6.73. The minimum Gasteiger partial charge on any atom is -0.375 e. The van der Waals surface area contributed by atoms with E-state index < -0.39 is 0 Å². The van der Waals surface area contributed by atoms with E-state index in [1.807, 2.05) is 32.8 Å². The number of ether oxygens (including phenoxy) is 1. The molecule has 0 aromatic heterocycles. The Labute approximate surface area is 105 Å². The Morgan fingerprint density at radius 2 is 2.00 bits per heavy atom. The summed E-state index contributed by atoms with van der Waals surface area (Å²) in [5.74, 6) is 0.582. The number of rotatable bonds is 3. The second kappa shape index (κ2) is 4.36. The standard InChI is InChI=1S/C14H25NO2/c1-13(2,15(3)4)12(16)11-6-9-17-14(10-11)7-5-8-14/h11H,5-10H2,1-4H3. The molecule has 0 aromatic rings. The van der Waals surface area contributed by atoms with Crippen molar-refractivity contribution in [2.45, 2.75) is 57.1 Å². The number of ketones is 1. The van der Waals surface area contributed by atoms with Crippen molar-refractivity contribution in [1.29, 1.82) is 0 Å². The molecular formula is C14H25NO2. The second-order valence-electron chi connectivity index (χ2n) is 6.39. The van der Waals surface area contributed by atoms with E-state index in [-0.39, 0.29) is 17.1 Å². The van der Waals surface area contributed by atoms with Crippen molar-refractivity contribution in [3.05, 3.63) is 0 Å². The number of hydrogen-bond acceptors (Lipinski definition) is 3. The van der Waals surface area contributed by atoms with Gasteiger partial charge in [0.25, 0.3) is 0 Å². The predicted octanol–water partition coefficient (Wildman–Crippen LogP) is 2.25. The van der Waals surface area contributed by atoms with E-state index in [0.29, 0.717) is 5.78 Å². The topological polar surface area (TPSA) is 29.5 Å². The summed E-state index contributed by atoms with van der Waals surface area (Å²) >= 11 is 0. The van der Waals surface area contributed by atoms with Crippen molar-refractivity contribution in [3.63, 3.8) is 0 Å². The molecule has 17 heavy (non-hydrogen) atoms. The second-order valence-corrected chi connectivity index (χ2v) is 6.39. The molecule has 0 radical (unpaired) electrons. The van der Waals surface area contributed by atoms with E-state index in [0.717, 1.165) is 32.3 Å². The molecule has 0 bridgehead atoms. The summed E-state index contributed by atoms with van der Waals surface area (Å²) in [6.07, 6.45) is 5.41. The van der Waals surface area contributed by atoms with E-state index in [2.05, 4.69) is 0 Å². The SMILES string of the molecule is CN(C)C(C)(C)C(=O)C1CCOC2(CCC2)C1. The molecule has 98 valence electrons. The molecular weight excluding hydrogens is 214 g/mol. The molecule has 2 rings (SSSR count). The summed E-state index contributed by atoms with van der Waals surface area (Å²) in [6, 6.07) is 0. The molecule has 2 fully saturated rings. The Morgan fingerprint density at radius 3 is 2.47 bits per heavy atom. The number of nitrogens with zero attached hydrogens (tertiary/aromatic N) is 1. The zero-order valence-electron chi connectivity index (χ0n) is 11.6. The van der Waals surface area contributed by atoms with Gasteiger partial charge in [0.05, 0.1) is 11.1 Å². The van der Waals surface area contributed by atoms with Crippen LogP contribution in [-0.4, -0.2) is 42.5 Å². The third kappa shape index (κ3) is 2.27. The molecule has 3 nitrogen and oxygen atoms in total. The maximum absolute atomic E-state index is 12.6. The fourth-order valence-electron chi connectivity index (χ4n) is 2.89. The van der Waals surface area contributed by atoms with E-state index >= 15 is 0 Å². The molecule has 1 aliphatic carbocycles. The lowest BCUT2D eigenvalue weighted by Gasteiger charge is -2.48. The minimum absolute atomic E-state index is 0.0704. The van der Waals surface area contributed by atoms with Crippen LogP contribution in [0.25, 0.3) is 0 Å². The van der Waals surface area contributed by atoms with Crippen LogP contribution < -0.4 is 0 Å². The lowest BCUT2D eigenvalue weighted by Crippen LogP contribution is -2.53. The van der Waals surface area contributed by atoms with Gasteiger partial charge in [-0.2, -0.15) is 0 Å². The molecule has 1 aliphatic heterocycles. The van der Waals surface area contributed by atoms with Gasteiger partial charge in [-0.05, 0) is 60.0 Å². The highest BCUT2D eigenvalue weighted by atomic mass is 16.5. The lowest BCUT2D eigenvalue weighted by molar-refractivity contribution is -0.160. The van der Waals surface area contributed by atoms with Gasteiger partial charge in [0, 0.05) is 12.5 Å². The monoisotopic (exact) mass is 239 g/mol. The highest BCUT2D eigenvalue weighted by Crippen LogP contribution is 2.45. The van der Waals surface area contributed by atoms with E-state index in [9.17, 15) is 4.79 Å². The zero-order valence-corrected chi connectivity index (χ0v) is 11.6. The molecule has 0 N–H and O–H groups in total. The number of likely N-dealkylation sites (N-methyl/N-ethyl adjacent to an activating group) is 1. The molecule has 1 saturated heterocycles. The largest absolute Gasteiger partial charge is 0.375 e. The third-order valence-corrected chi connectivity index (χ3v) is 4.85. The highest BCUT2D eigenvalue weighted by Gasteiger charge is 2.46. The van der Waals surface area contributed by atoms with E-state index in [1.54, 1.807) is 0 Å². The van der Waals surface area contributed by atoms with Gasteiger partial charge in [0.2, 0.25) is 0 Å². The smallest absolute Gasteiger partial charge is 0.155 e. The fraction of sp³-hybridized carbons (Fsp3) is 0.929. The van der Waals surface area contributed by atoms with Crippen molar-refractivity contribution in [3.8, 4) is 0 Å². The van der Waals surface area contributed by atoms with Crippen LogP contribution in [0.5, 0.6) is 0 Å². The number of Topliss-reactive ketones (excluding diaryl/α,β-unsaturated/α-hetero) is 1. The van der Waals surface area contributed by atoms with Crippen LogP contribution in [0.15, 0.2) is 0 Å². The van der Waals surface area contributed by atoms with Crippen molar-refractivity contribution >= 4 is 5.78 Å². The van der Waals surface area contributed by atoms with Gasteiger partial charge in [-0.1, -0.05) is 0 Å². The Morgan fingerprint density at radius 1 is 1.35 bits per heavy atom. The molecule has 1 unspecified atom stereocenters. The summed E-state index contributed by atoms with van der Waals surface area (Å²) in [5.41, 5.74) is -0.284. The average molecular weight is 239 g/mol. The van der Waals surface area contributed by atoms with Crippen LogP contribution in [0, 0.1) is 5.92 Å². The molecule has 2 aliphatic rings. The summed E-state index contributed by atoms with van der Waals surface area (Å²) in [6.45, 7) is 4.82. The van der Waals surface area contributed by atoms with Crippen molar-refractivity contribution < 1.29 is 9.53 Å². The van der Waals surface area contributed by atoms with Crippen LogP contribution in [0.1, 0.15) is 46.0 Å². The molecule has 0 aromatic carbocycles. The summed E-state index contributed by atoms with van der Waals surface area (Å²) in [4.78, 5) is 14.6. The van der Waals surface area contributed by atoms with Gasteiger partial charge in [-0.15, -0.1) is 0 Å². The first kappa shape index (κ1) is 13.0. The summed E-state index contributed by atoms with van der Waals surface area (Å²) < 4.78 is 5.89. The summed E-state index contributed by atoms with van der Waals surface area (Å²) in [5, 5.41) is 0. The first-order valence-corrected chi connectivity index (χ1v) is 6.73. The fourth-order valence-corrected chi connectivity index (χ4v) is 2.89. The first-order chi connectivity index (χ1) is 7.87. The number of carbonyl (C=O) groups is 1. The maximum Gasteiger partial charge on any atom is 0.155 e. The van der Waals surface area contributed by atoms with Crippen molar-refractivity contribution in [1.82, 2.24) is 4.90 Å². The van der Waals surface area contributed by atoms with Gasteiger partial charge >= 0.3 is 0 Å². The van der Waals surface area contributed by atoms with Crippen LogP contribution >= 0.6 is 0 Å². The molecule has 1 heterocycles. The van der Waals surface area contributed by atoms with Gasteiger partial charge in [0.1, 0.15) is 0 Å². The van der Waals surface area contributed by atoms with Gasteiger partial charge in [-0.25, -0.2) is 0 Å². The van der Waals surface area contributed by atoms with E-state index in [1.165, 1.54) is 6.42 Å². The molecule has 1 saturated carbocycles. The molecule has 0 amide bonds. The zero-order chi connectivity index (χ0) is 12.7. The van der Waals surface area contributed by atoms with Crippen LogP contribution in [0.4, 0.5) is 0 Å². The Bertz CT molecular complexity index is 305. The lowest BCUT2D eigenvalue weighted by atomic mass is 9.69. The predicted molar refractivity (Wildman–Crippen MR) is 68.0 cm³/mol. The highest BCUT2D eigenvalue weighted by molar-refractivity contribution is 5.89. The minimum atomic E-state index is -0.354. The van der Waals surface area contributed by atoms with Crippen molar-refractivity contribution in [2.75, 3.05) is 20.7 Å². The van der Waals surface area contributed by atoms with Crippen LogP contribution in [-0.2, 0) is 9.53 Å². The molecule has 1 atom stereocenters. The third-order valence-electron chi connectivity index (χ3n) is 4.85. The van der Waals surface area contributed by atoms with E-state index in [4.69, 9.17) is 4.74 Å². The normalized spacial score (nSPS) is 28.2. The number of hydrogen-bond donors (Lipinski definition) is 0. The number of carbonyl (C=O) groups excluding carboxylic acids is 1. The van der Waals surface area contributed by atoms with Crippen molar-refractivity contribution in [2.24, 2.45) is 5.92 Å². The summed E-state index contributed by atoms with van der Waals surface area (Å²) in [7, 11) is 3.96. The Balaban J connectivity index is 2.04.